The molecule has 2 saturated heterocycles. The minimum absolute atomic E-state index is 0. The first-order chi connectivity index (χ1) is 21.2. The number of aliphatic imine (C=N–C) groups is 2. The summed E-state index contributed by atoms with van der Waals surface area (Å²) in [5.74, 6) is -14.6. The summed E-state index contributed by atoms with van der Waals surface area (Å²) in [6, 6.07) is -3.24. The summed E-state index contributed by atoms with van der Waals surface area (Å²) in [6.45, 7) is 2.00. The lowest BCUT2D eigenvalue weighted by molar-refractivity contribution is -0.284. The topological polar surface area (TPSA) is 332 Å². The zero-order valence-corrected chi connectivity index (χ0v) is 26.2. The summed E-state index contributed by atoms with van der Waals surface area (Å²) < 4.78 is 71.9. The molecule has 2 aliphatic rings. The highest BCUT2D eigenvalue weighted by molar-refractivity contribution is 5.85. The summed E-state index contributed by atoms with van der Waals surface area (Å²) in [5.41, 5.74) is 20.7. The normalized spacial score (nSPS) is 35.4. The molecule has 2 rings (SSSR count). The lowest BCUT2D eigenvalue weighted by atomic mass is 9.82. The Balaban J connectivity index is 0. The molecule has 18 nitrogen and oxygen atoms in total. The number of carbonyl (C=O) groups is 2. The molecular formula is C25H47ClF4N6O12. The SMILES string of the molecule is C.CCOC(=O)[C@]1(F)OC([C@H](O)[C@H](O)CO)[C@H](C)[C@H](N=C(N)N)C1F.C[C@H]1C([C@H](O)[C@H](O)CO)O[C@@](F)(C(=O)O)C(F)[C@H]1N=C(N)N.Cl. The minimum Gasteiger partial charge on any atom is -0.477 e. The van der Waals surface area contributed by atoms with Crippen molar-refractivity contribution in [1.29, 1.82) is 0 Å². The van der Waals surface area contributed by atoms with Gasteiger partial charge in [0.2, 0.25) is 0 Å². The fourth-order valence-corrected chi connectivity index (χ4v) is 4.79. The summed E-state index contributed by atoms with van der Waals surface area (Å²) in [6.07, 6.45) is -15.7. The number of nitrogens with zero attached hydrogens (tertiary/aromatic N) is 2. The second-order valence-corrected chi connectivity index (χ2v) is 10.6. The third-order valence-electron chi connectivity index (χ3n) is 7.32. The van der Waals surface area contributed by atoms with Gasteiger partial charge in [0.1, 0.15) is 24.4 Å². The van der Waals surface area contributed by atoms with E-state index in [9.17, 15) is 47.6 Å². The molecular weight excluding hydrogens is 688 g/mol. The second kappa shape index (κ2) is 19.4. The molecule has 0 aromatic heterocycles. The van der Waals surface area contributed by atoms with E-state index in [1.807, 2.05) is 0 Å². The average Bonchev–Trinajstić information content (AvgIpc) is 2.99. The van der Waals surface area contributed by atoms with Crippen LogP contribution in [0.15, 0.2) is 9.98 Å². The van der Waals surface area contributed by atoms with Crippen LogP contribution in [0.4, 0.5) is 17.6 Å². The van der Waals surface area contributed by atoms with Crippen molar-refractivity contribution in [3.05, 3.63) is 0 Å². The largest absolute Gasteiger partial charge is 0.477 e. The molecule has 0 saturated carbocycles. The number of nitrogens with two attached hydrogens (primary N) is 4. The van der Waals surface area contributed by atoms with Crippen LogP contribution in [0, 0.1) is 11.8 Å². The summed E-state index contributed by atoms with van der Waals surface area (Å²) in [7, 11) is 0. The zero-order chi connectivity index (χ0) is 35.9. The Morgan fingerprint density at radius 3 is 1.44 bits per heavy atom. The van der Waals surface area contributed by atoms with Crippen molar-refractivity contribution < 1.29 is 77.1 Å². The molecule has 14 atom stereocenters. The van der Waals surface area contributed by atoms with Gasteiger partial charge in [0.25, 0.3) is 0 Å². The molecule has 0 aromatic carbocycles. The predicted molar refractivity (Wildman–Crippen MR) is 161 cm³/mol. The molecule has 0 spiro atoms. The lowest BCUT2D eigenvalue weighted by Crippen LogP contribution is -2.65. The molecule has 0 radical (unpaired) electrons. The summed E-state index contributed by atoms with van der Waals surface area (Å²) in [4.78, 5) is 29.8. The van der Waals surface area contributed by atoms with E-state index >= 15 is 0 Å². The summed E-state index contributed by atoms with van der Waals surface area (Å²) in [5, 5.41) is 65.4. The number of carbonyl (C=O) groups excluding carboxylic acids is 1. The maximum absolute atomic E-state index is 14.9. The molecule has 23 heteroatoms. The Morgan fingerprint density at radius 2 is 1.15 bits per heavy atom. The zero-order valence-electron chi connectivity index (χ0n) is 25.3. The van der Waals surface area contributed by atoms with Gasteiger partial charge >= 0.3 is 23.6 Å². The van der Waals surface area contributed by atoms with E-state index in [2.05, 4.69) is 19.5 Å². The highest BCUT2D eigenvalue weighted by atomic mass is 35.5. The number of halogens is 5. The number of ether oxygens (including phenoxy) is 3. The van der Waals surface area contributed by atoms with E-state index in [4.69, 9.17) is 43.0 Å². The maximum atomic E-state index is 14.9. The predicted octanol–water partition coefficient (Wildman–Crippen LogP) is -3.53. The molecule has 2 aliphatic heterocycles. The third kappa shape index (κ3) is 10.3. The maximum Gasteiger partial charge on any atom is 0.375 e. The van der Waals surface area contributed by atoms with Crippen LogP contribution in [0.25, 0.3) is 0 Å². The van der Waals surface area contributed by atoms with Gasteiger partial charge in [0, 0.05) is 11.8 Å². The molecule has 4 unspecified atom stereocenters. The van der Waals surface area contributed by atoms with Crippen molar-refractivity contribution in [2.75, 3.05) is 19.8 Å². The van der Waals surface area contributed by atoms with Crippen molar-refractivity contribution in [2.45, 2.75) is 101 Å². The second-order valence-electron chi connectivity index (χ2n) is 10.6. The number of carboxylic acid groups (broad SMARTS) is 1. The van der Waals surface area contributed by atoms with Gasteiger partial charge in [-0.1, -0.05) is 21.3 Å². The van der Waals surface area contributed by atoms with Crippen LogP contribution in [-0.4, -0.2) is 152 Å². The van der Waals surface area contributed by atoms with E-state index in [0.717, 1.165) is 0 Å². The van der Waals surface area contributed by atoms with Crippen LogP contribution < -0.4 is 22.9 Å². The van der Waals surface area contributed by atoms with Crippen LogP contribution in [-0.2, 0) is 23.8 Å². The van der Waals surface area contributed by atoms with Crippen LogP contribution >= 0.6 is 12.4 Å². The van der Waals surface area contributed by atoms with Gasteiger partial charge in [-0.25, -0.2) is 28.4 Å². The molecule has 2 heterocycles. The fourth-order valence-electron chi connectivity index (χ4n) is 4.79. The lowest BCUT2D eigenvalue weighted by Gasteiger charge is -2.45. The van der Waals surface area contributed by atoms with E-state index in [1.165, 1.54) is 20.8 Å². The fraction of sp³-hybridized carbons (Fsp3) is 0.840. The van der Waals surface area contributed by atoms with E-state index in [-0.39, 0.29) is 26.4 Å². The number of carboxylic acids is 1. The first-order valence-electron chi connectivity index (χ1n) is 13.7. The standard InChI is InChI=1S/C13H23F2N3O6.C11H19F2N3O6.CH4.ClH/c1-3-23-11(22)13(15)10(14)7(18-12(16)17)5(2)9(24-13)8(21)6(20)4-19;1-3-5(16-10(14)15)8(12)11(13,9(20)21)22-7(3)6(19)4(18)2-17;;/h5-10,19-21H,3-4H2,1-2H3,(H4,16,17,18);3-8,17-19H,2H2,1H3,(H,20,21)(H4,14,15,16);1H4;1H/t5-,6-,7+,8-,9?,10?,13-;3-,4-,5+,6-,7?,8?,11-;;/m11../s1. The molecule has 0 aliphatic carbocycles. The quantitative estimate of drug-likeness (QED) is 0.0424. The van der Waals surface area contributed by atoms with Gasteiger partial charge < -0.3 is 72.9 Å². The Bertz CT molecular complexity index is 1100. The van der Waals surface area contributed by atoms with Crippen molar-refractivity contribution in [3.63, 3.8) is 0 Å². The molecule has 0 aromatic rings. The molecule has 284 valence electrons. The number of esters is 1. The smallest absolute Gasteiger partial charge is 0.375 e. The van der Waals surface area contributed by atoms with Gasteiger partial charge in [-0.3, -0.25) is 0 Å². The van der Waals surface area contributed by atoms with Gasteiger partial charge in [-0.05, 0) is 6.92 Å². The van der Waals surface area contributed by atoms with Crippen LogP contribution in [0.2, 0.25) is 0 Å². The Hall–Kier alpha value is -2.83. The molecule has 0 amide bonds. The number of aliphatic hydroxyl groups is 6. The van der Waals surface area contributed by atoms with Crippen molar-refractivity contribution in [3.8, 4) is 0 Å². The Kier molecular flexibility index (Phi) is 19.1. The number of hydrogen-bond acceptors (Lipinski definition) is 13. The van der Waals surface area contributed by atoms with Gasteiger partial charge in [-0.2, -0.15) is 8.78 Å². The molecule has 15 N–H and O–H groups in total. The Morgan fingerprint density at radius 1 is 0.812 bits per heavy atom. The Labute approximate surface area is 279 Å². The molecule has 48 heavy (non-hydrogen) atoms. The van der Waals surface area contributed by atoms with Crippen molar-refractivity contribution in [1.82, 2.24) is 0 Å². The molecule has 0 bridgehead atoms. The number of aliphatic hydroxyl groups excluding tert-OH is 6. The number of rotatable bonds is 11. The van der Waals surface area contributed by atoms with E-state index in [1.54, 1.807) is 0 Å². The number of aliphatic carboxylic acids is 1. The number of alkyl halides is 4. The van der Waals surface area contributed by atoms with Gasteiger partial charge in [0.15, 0.2) is 24.3 Å². The monoisotopic (exact) mass is 734 g/mol. The van der Waals surface area contributed by atoms with Crippen molar-refractivity contribution >= 4 is 36.3 Å². The highest BCUT2D eigenvalue weighted by Gasteiger charge is 2.63. The van der Waals surface area contributed by atoms with Crippen LogP contribution in [0.3, 0.4) is 0 Å². The third-order valence-corrected chi connectivity index (χ3v) is 7.32. The van der Waals surface area contributed by atoms with Crippen LogP contribution in [0.1, 0.15) is 28.2 Å². The van der Waals surface area contributed by atoms with Crippen LogP contribution in [0.5, 0.6) is 0 Å². The van der Waals surface area contributed by atoms with Gasteiger partial charge in [-0.15, -0.1) is 12.4 Å². The molecule has 2 fully saturated rings. The minimum atomic E-state index is -3.81. The van der Waals surface area contributed by atoms with Gasteiger partial charge in [0.05, 0.1) is 44.1 Å². The number of guanidine groups is 2. The average molecular weight is 735 g/mol. The first kappa shape index (κ1) is 47.3. The van der Waals surface area contributed by atoms with E-state index in [0.29, 0.717) is 0 Å². The first-order valence-corrected chi connectivity index (χ1v) is 13.7. The summed E-state index contributed by atoms with van der Waals surface area (Å²) >= 11 is 0. The van der Waals surface area contributed by atoms with Crippen molar-refractivity contribution in [2.24, 2.45) is 44.8 Å². The van der Waals surface area contributed by atoms with E-state index < -0.39 is 122 Å². The number of hydrogen-bond donors (Lipinski definition) is 11. The highest BCUT2D eigenvalue weighted by Crippen LogP contribution is 2.41.